The number of aliphatic hydroxyl groups is 2. The fourth-order valence-corrected chi connectivity index (χ4v) is 3.95. The number of hydrogen-bond donors (Lipinski definition) is 4. The number of fused-ring (bicyclic) bond motifs is 3. The minimum atomic E-state index is -1.40. The molecule has 29 heavy (non-hydrogen) atoms. The molecule has 12 nitrogen and oxygen atoms in total. The zero-order valence-electron chi connectivity index (χ0n) is 16.3. The molecule has 0 unspecified atom stereocenters. The molecule has 2 aromatic heterocycles. The summed E-state index contributed by atoms with van der Waals surface area (Å²) < 4.78 is 13.0. The van der Waals surface area contributed by atoms with Crippen molar-refractivity contribution in [1.29, 1.82) is 0 Å². The molecule has 2 bridgehead atoms. The monoisotopic (exact) mass is 408 g/mol. The van der Waals surface area contributed by atoms with Gasteiger partial charge in [-0.1, -0.05) is 0 Å². The van der Waals surface area contributed by atoms with Crippen molar-refractivity contribution in [3.63, 3.8) is 0 Å². The van der Waals surface area contributed by atoms with Crippen molar-refractivity contribution < 1.29 is 24.5 Å². The van der Waals surface area contributed by atoms with Crippen LogP contribution in [0.1, 0.15) is 27.0 Å². The minimum Gasteiger partial charge on any atom is -0.444 e. The van der Waals surface area contributed by atoms with Crippen molar-refractivity contribution in [2.45, 2.75) is 44.3 Å². The molecule has 4 atom stereocenters. The number of aromatic amines is 1. The Kier molecular flexibility index (Phi) is 4.33. The SMILES string of the molecule is CC(C)(C)OC(=O)N1C[C@H]2[C@H](n3cnc4c(=O)[nH]c(N)nc43)O[C@@](CO)(C1)[C@H]2O. The Bertz CT molecular complexity index is 1010. The van der Waals surface area contributed by atoms with E-state index in [1.54, 1.807) is 20.8 Å². The number of aliphatic hydroxyl groups excluding tert-OH is 2. The van der Waals surface area contributed by atoms with E-state index < -0.39 is 47.7 Å². The molecule has 0 saturated carbocycles. The Labute approximate surface area is 165 Å². The number of rotatable bonds is 2. The highest BCUT2D eigenvalue weighted by molar-refractivity contribution is 5.71. The Hall–Kier alpha value is -2.70. The summed E-state index contributed by atoms with van der Waals surface area (Å²) in [6.07, 6.45) is -1.06. The number of amides is 1. The Morgan fingerprint density at radius 2 is 2.24 bits per heavy atom. The number of nitrogen functional groups attached to an aromatic ring is 1. The first-order valence-corrected chi connectivity index (χ1v) is 9.22. The molecule has 4 heterocycles. The number of H-pyrrole nitrogens is 1. The summed E-state index contributed by atoms with van der Waals surface area (Å²) in [5, 5.41) is 20.8. The number of hydrogen-bond acceptors (Lipinski definition) is 9. The van der Waals surface area contributed by atoms with Gasteiger partial charge in [-0.2, -0.15) is 4.98 Å². The number of likely N-dealkylation sites (tertiary alicyclic amines) is 1. The predicted octanol–water partition coefficient (Wildman–Crippen LogP) is -0.810. The summed E-state index contributed by atoms with van der Waals surface area (Å²) >= 11 is 0. The first kappa shape index (κ1) is 19.6. The lowest BCUT2D eigenvalue weighted by Gasteiger charge is -2.40. The topological polar surface area (TPSA) is 169 Å². The largest absolute Gasteiger partial charge is 0.444 e. The van der Waals surface area contributed by atoms with Gasteiger partial charge in [0, 0.05) is 6.54 Å². The molecule has 2 saturated heterocycles. The molecular formula is C17H24N6O6. The van der Waals surface area contributed by atoms with Gasteiger partial charge < -0.3 is 30.3 Å². The van der Waals surface area contributed by atoms with Crippen LogP contribution in [0.15, 0.2) is 11.1 Å². The van der Waals surface area contributed by atoms with Crippen molar-refractivity contribution >= 4 is 23.2 Å². The van der Waals surface area contributed by atoms with E-state index in [1.807, 2.05) is 0 Å². The lowest BCUT2D eigenvalue weighted by Crippen LogP contribution is -2.60. The smallest absolute Gasteiger partial charge is 0.410 e. The van der Waals surface area contributed by atoms with Crippen LogP contribution in [-0.4, -0.2) is 77.7 Å². The molecule has 2 aliphatic rings. The van der Waals surface area contributed by atoms with Gasteiger partial charge >= 0.3 is 6.09 Å². The summed E-state index contributed by atoms with van der Waals surface area (Å²) in [7, 11) is 0. The van der Waals surface area contributed by atoms with Crippen LogP contribution in [0.5, 0.6) is 0 Å². The molecule has 0 aliphatic carbocycles. The number of carbonyl (C=O) groups is 1. The number of nitrogens with one attached hydrogen (secondary N) is 1. The summed E-state index contributed by atoms with van der Waals surface area (Å²) in [5.74, 6) is -0.693. The molecule has 12 heteroatoms. The number of anilines is 1. The van der Waals surface area contributed by atoms with Gasteiger partial charge in [-0.15, -0.1) is 0 Å². The number of aromatic nitrogens is 4. The number of piperidine rings is 1. The van der Waals surface area contributed by atoms with Crippen LogP contribution in [0.3, 0.4) is 0 Å². The maximum Gasteiger partial charge on any atom is 0.410 e. The van der Waals surface area contributed by atoms with Gasteiger partial charge in [0.05, 0.1) is 31.5 Å². The highest BCUT2D eigenvalue weighted by atomic mass is 16.6. The van der Waals surface area contributed by atoms with Crippen molar-refractivity contribution in [2.24, 2.45) is 5.92 Å². The maximum atomic E-state index is 12.6. The predicted molar refractivity (Wildman–Crippen MR) is 99.8 cm³/mol. The minimum absolute atomic E-state index is 0.0463. The van der Waals surface area contributed by atoms with Crippen molar-refractivity contribution in [3.05, 3.63) is 16.7 Å². The molecule has 158 valence electrons. The second kappa shape index (κ2) is 6.40. The quantitative estimate of drug-likeness (QED) is 0.496. The van der Waals surface area contributed by atoms with Crippen LogP contribution in [0.4, 0.5) is 10.7 Å². The van der Waals surface area contributed by atoms with Crippen molar-refractivity contribution in [2.75, 3.05) is 25.4 Å². The van der Waals surface area contributed by atoms with Crippen LogP contribution in [0, 0.1) is 5.92 Å². The molecule has 0 spiro atoms. The molecule has 1 amide bonds. The Balaban J connectivity index is 1.72. The average molecular weight is 408 g/mol. The van der Waals surface area contributed by atoms with Crippen molar-refractivity contribution in [1.82, 2.24) is 24.4 Å². The van der Waals surface area contributed by atoms with Gasteiger partial charge in [-0.3, -0.25) is 14.3 Å². The molecule has 2 aromatic rings. The van der Waals surface area contributed by atoms with Gasteiger partial charge in [0.1, 0.15) is 17.4 Å². The highest BCUT2D eigenvalue weighted by Crippen LogP contribution is 2.46. The van der Waals surface area contributed by atoms with Crippen LogP contribution in [-0.2, 0) is 9.47 Å². The maximum absolute atomic E-state index is 12.6. The first-order valence-electron chi connectivity index (χ1n) is 9.22. The summed E-state index contributed by atoms with van der Waals surface area (Å²) in [6.45, 7) is 4.83. The Morgan fingerprint density at radius 1 is 1.52 bits per heavy atom. The van der Waals surface area contributed by atoms with Crippen LogP contribution in [0.2, 0.25) is 0 Å². The second-order valence-electron chi connectivity index (χ2n) is 8.48. The summed E-state index contributed by atoms with van der Waals surface area (Å²) in [4.78, 5) is 36.6. The lowest BCUT2D eigenvalue weighted by molar-refractivity contribution is -0.138. The van der Waals surface area contributed by atoms with E-state index in [9.17, 15) is 19.8 Å². The third-order valence-electron chi connectivity index (χ3n) is 5.20. The third kappa shape index (κ3) is 3.12. The van der Waals surface area contributed by atoms with E-state index in [2.05, 4.69) is 15.0 Å². The highest BCUT2D eigenvalue weighted by Gasteiger charge is 2.60. The van der Waals surface area contributed by atoms with Gasteiger partial charge in [-0.05, 0) is 20.8 Å². The fourth-order valence-electron chi connectivity index (χ4n) is 3.95. The van der Waals surface area contributed by atoms with E-state index in [0.717, 1.165) is 0 Å². The normalized spacial score (nSPS) is 29.4. The number of ether oxygens (including phenoxy) is 2. The lowest BCUT2D eigenvalue weighted by atomic mass is 9.85. The number of carbonyl (C=O) groups excluding carboxylic acids is 1. The zero-order chi connectivity index (χ0) is 21.1. The van der Waals surface area contributed by atoms with Crippen LogP contribution < -0.4 is 11.3 Å². The summed E-state index contributed by atoms with van der Waals surface area (Å²) in [6, 6.07) is 0. The molecule has 2 aliphatic heterocycles. The van der Waals surface area contributed by atoms with E-state index in [-0.39, 0.29) is 30.2 Å². The molecule has 5 N–H and O–H groups in total. The fraction of sp³-hybridized carbons (Fsp3) is 0.647. The zero-order valence-corrected chi connectivity index (χ0v) is 16.3. The van der Waals surface area contributed by atoms with E-state index in [4.69, 9.17) is 15.2 Å². The molecule has 4 rings (SSSR count). The van der Waals surface area contributed by atoms with Crippen LogP contribution >= 0.6 is 0 Å². The number of imidazole rings is 1. The van der Waals surface area contributed by atoms with E-state index in [0.29, 0.717) is 0 Å². The second-order valence-corrected chi connectivity index (χ2v) is 8.48. The van der Waals surface area contributed by atoms with E-state index >= 15 is 0 Å². The first-order chi connectivity index (χ1) is 13.5. The van der Waals surface area contributed by atoms with Gasteiger partial charge in [0.15, 0.2) is 11.2 Å². The standard InChI is InChI=1S/C17H24N6O6/c1-16(2,3)29-15(27)22-4-8-10(25)17(5-22,6-24)28-13(8)23-7-19-9-11(23)20-14(18)21-12(9)26/h7-8,10,13,24-25H,4-6H2,1-3H3,(H3,18,20,21,26)/t8-,10+,13-,17-/m1/s1. The molecule has 0 radical (unpaired) electrons. The van der Waals surface area contributed by atoms with Gasteiger partial charge in [0.25, 0.3) is 5.56 Å². The molecule has 2 fully saturated rings. The van der Waals surface area contributed by atoms with Crippen molar-refractivity contribution in [3.8, 4) is 0 Å². The van der Waals surface area contributed by atoms with Crippen LogP contribution in [0.25, 0.3) is 11.2 Å². The summed E-state index contributed by atoms with van der Waals surface area (Å²) in [5.41, 5.74) is 3.32. The average Bonchev–Trinajstić information content (AvgIpc) is 3.08. The van der Waals surface area contributed by atoms with Gasteiger partial charge in [0.2, 0.25) is 5.95 Å². The molecular weight excluding hydrogens is 384 g/mol. The molecule has 0 aromatic carbocycles. The number of nitrogens with zero attached hydrogens (tertiary/aromatic N) is 4. The van der Waals surface area contributed by atoms with Gasteiger partial charge in [-0.25, -0.2) is 9.78 Å². The van der Waals surface area contributed by atoms with E-state index in [1.165, 1.54) is 15.8 Å². The third-order valence-corrected chi connectivity index (χ3v) is 5.20. The Morgan fingerprint density at radius 3 is 2.90 bits per heavy atom. The number of nitrogens with two attached hydrogens (primary N) is 1.